The van der Waals surface area contributed by atoms with Crippen molar-refractivity contribution in [2.24, 2.45) is 7.05 Å². The SMILES string of the molecule is CCCCc1c(C(=O)NC(CO)c2cncn2C)cnn1-c1ncc(C)c(-c2cccs2)n1. The first-order chi connectivity index (χ1) is 16.0. The Bertz CT molecular complexity index is 1230. The first-order valence-corrected chi connectivity index (χ1v) is 11.7. The molecule has 4 heterocycles. The number of imidazole rings is 1. The van der Waals surface area contributed by atoms with Crippen molar-refractivity contribution in [2.75, 3.05) is 6.61 Å². The minimum atomic E-state index is -0.576. The monoisotopic (exact) mass is 465 g/mol. The van der Waals surface area contributed by atoms with Crippen LogP contribution < -0.4 is 5.32 Å². The molecule has 0 aliphatic rings. The van der Waals surface area contributed by atoms with Crippen molar-refractivity contribution >= 4 is 17.2 Å². The molecule has 33 heavy (non-hydrogen) atoms. The molecule has 4 aromatic heterocycles. The molecule has 0 saturated heterocycles. The molecule has 4 rings (SSSR count). The molecular weight excluding hydrogens is 438 g/mol. The number of aromatic nitrogens is 6. The summed E-state index contributed by atoms with van der Waals surface area (Å²) in [5.41, 5.74) is 3.75. The molecule has 0 fully saturated rings. The number of carbonyl (C=O) groups excluding carboxylic acids is 1. The molecule has 0 saturated carbocycles. The van der Waals surface area contributed by atoms with Crippen LogP contribution in [0.3, 0.4) is 0 Å². The summed E-state index contributed by atoms with van der Waals surface area (Å²) in [4.78, 5) is 27.6. The molecule has 172 valence electrons. The molecule has 10 heteroatoms. The molecule has 0 bridgehead atoms. The molecule has 9 nitrogen and oxygen atoms in total. The molecule has 2 N–H and O–H groups in total. The van der Waals surface area contributed by atoms with E-state index in [2.05, 4.69) is 27.3 Å². The molecule has 4 aromatic rings. The van der Waals surface area contributed by atoms with Crippen LogP contribution in [0, 0.1) is 6.92 Å². The lowest BCUT2D eigenvalue weighted by Crippen LogP contribution is -2.32. The van der Waals surface area contributed by atoms with E-state index in [-0.39, 0.29) is 12.5 Å². The van der Waals surface area contributed by atoms with Crippen molar-refractivity contribution in [2.45, 2.75) is 39.2 Å². The third-order valence-electron chi connectivity index (χ3n) is 5.48. The number of aliphatic hydroxyl groups is 1. The first-order valence-electron chi connectivity index (χ1n) is 10.9. The van der Waals surface area contributed by atoms with Crippen molar-refractivity contribution in [3.63, 3.8) is 0 Å². The van der Waals surface area contributed by atoms with Gasteiger partial charge in [0.1, 0.15) is 0 Å². The zero-order valence-electron chi connectivity index (χ0n) is 18.9. The van der Waals surface area contributed by atoms with E-state index in [4.69, 9.17) is 4.98 Å². The summed E-state index contributed by atoms with van der Waals surface area (Å²) in [7, 11) is 1.82. The first kappa shape index (κ1) is 22.8. The summed E-state index contributed by atoms with van der Waals surface area (Å²) in [6.07, 6.45) is 9.11. The Balaban J connectivity index is 1.69. The Kier molecular flexibility index (Phi) is 6.95. The maximum Gasteiger partial charge on any atom is 0.255 e. The highest BCUT2D eigenvalue weighted by atomic mass is 32.1. The van der Waals surface area contributed by atoms with Crippen LogP contribution in [0.2, 0.25) is 0 Å². The molecule has 0 spiro atoms. The Morgan fingerprint density at radius 2 is 2.15 bits per heavy atom. The Hall–Kier alpha value is -3.37. The highest BCUT2D eigenvalue weighted by Gasteiger charge is 2.24. The second-order valence-electron chi connectivity index (χ2n) is 7.84. The predicted molar refractivity (Wildman–Crippen MR) is 126 cm³/mol. The van der Waals surface area contributed by atoms with E-state index in [1.54, 1.807) is 45.5 Å². The second kappa shape index (κ2) is 10.1. The Labute approximate surface area is 196 Å². The molecule has 1 atom stereocenters. The van der Waals surface area contributed by atoms with E-state index in [0.717, 1.165) is 40.4 Å². The summed E-state index contributed by atoms with van der Waals surface area (Å²) in [6, 6.07) is 3.44. The lowest BCUT2D eigenvalue weighted by molar-refractivity contribution is 0.0912. The number of unbranched alkanes of at least 4 members (excludes halogenated alkanes) is 1. The molecule has 0 aliphatic heterocycles. The van der Waals surface area contributed by atoms with Gasteiger partial charge < -0.3 is 15.0 Å². The quantitative estimate of drug-likeness (QED) is 0.393. The normalized spacial score (nSPS) is 12.1. The van der Waals surface area contributed by atoms with Crippen LogP contribution in [-0.4, -0.2) is 46.9 Å². The van der Waals surface area contributed by atoms with E-state index in [1.807, 2.05) is 31.5 Å². The van der Waals surface area contributed by atoms with Gasteiger partial charge in [0.15, 0.2) is 0 Å². The van der Waals surface area contributed by atoms with Crippen molar-refractivity contribution in [1.29, 1.82) is 0 Å². The molecule has 0 aliphatic carbocycles. The predicted octanol–water partition coefficient (Wildman–Crippen LogP) is 3.24. The van der Waals surface area contributed by atoms with Crippen LogP contribution in [0.1, 0.15) is 53.1 Å². The summed E-state index contributed by atoms with van der Waals surface area (Å²) < 4.78 is 3.42. The number of aryl methyl sites for hydroxylation is 2. The lowest BCUT2D eigenvalue weighted by atomic mass is 10.1. The summed E-state index contributed by atoms with van der Waals surface area (Å²) in [5, 5.41) is 19.3. The molecular formula is C23H27N7O2S. The average Bonchev–Trinajstić information content (AvgIpc) is 3.57. The average molecular weight is 466 g/mol. The van der Waals surface area contributed by atoms with Gasteiger partial charge in [-0.05, 0) is 36.8 Å². The number of carbonyl (C=O) groups is 1. The fourth-order valence-electron chi connectivity index (χ4n) is 3.67. The van der Waals surface area contributed by atoms with Crippen molar-refractivity contribution < 1.29 is 9.90 Å². The highest BCUT2D eigenvalue weighted by Crippen LogP contribution is 2.26. The minimum Gasteiger partial charge on any atom is -0.394 e. The lowest BCUT2D eigenvalue weighted by Gasteiger charge is -2.17. The van der Waals surface area contributed by atoms with Gasteiger partial charge in [-0.1, -0.05) is 19.4 Å². The van der Waals surface area contributed by atoms with Crippen LogP contribution in [0.4, 0.5) is 0 Å². The van der Waals surface area contributed by atoms with E-state index in [9.17, 15) is 9.90 Å². The summed E-state index contributed by atoms with van der Waals surface area (Å²) in [5.74, 6) is 0.123. The number of rotatable bonds is 9. The number of hydrogen-bond acceptors (Lipinski definition) is 7. The third kappa shape index (κ3) is 4.71. The molecule has 0 radical (unpaired) electrons. The van der Waals surface area contributed by atoms with Crippen LogP contribution >= 0.6 is 11.3 Å². The maximum absolute atomic E-state index is 13.2. The topological polar surface area (TPSA) is 111 Å². The number of aliphatic hydroxyl groups excluding tert-OH is 1. The van der Waals surface area contributed by atoms with Gasteiger partial charge in [0.25, 0.3) is 11.9 Å². The molecule has 1 unspecified atom stereocenters. The highest BCUT2D eigenvalue weighted by molar-refractivity contribution is 7.13. The third-order valence-corrected chi connectivity index (χ3v) is 6.36. The van der Waals surface area contributed by atoms with Crippen LogP contribution in [0.15, 0.2) is 42.4 Å². The van der Waals surface area contributed by atoms with Gasteiger partial charge in [-0.25, -0.2) is 19.6 Å². The van der Waals surface area contributed by atoms with E-state index < -0.39 is 6.04 Å². The number of thiophene rings is 1. The maximum atomic E-state index is 13.2. The minimum absolute atomic E-state index is 0.241. The number of nitrogens with one attached hydrogen (secondary N) is 1. The zero-order chi connectivity index (χ0) is 23.4. The van der Waals surface area contributed by atoms with Gasteiger partial charge in [-0.3, -0.25) is 4.79 Å². The van der Waals surface area contributed by atoms with E-state index >= 15 is 0 Å². The fraction of sp³-hybridized carbons (Fsp3) is 0.348. The standard InChI is InChI=1S/C23H27N7O2S/c1-4-5-7-18-16(22(32)27-17(13-31)19-12-24-14-29(19)3)11-26-30(18)23-25-10-15(2)21(28-23)20-8-6-9-33-20/h6,8-12,14,17,31H,4-5,7,13H2,1-3H3,(H,27,32). The van der Waals surface area contributed by atoms with Gasteiger partial charge in [0, 0.05) is 13.2 Å². The number of hydrogen-bond donors (Lipinski definition) is 2. The van der Waals surface area contributed by atoms with Gasteiger partial charge in [-0.15, -0.1) is 11.3 Å². The summed E-state index contributed by atoms with van der Waals surface area (Å²) in [6.45, 7) is 3.84. The van der Waals surface area contributed by atoms with E-state index in [1.165, 1.54) is 0 Å². The number of nitrogens with zero attached hydrogens (tertiary/aromatic N) is 6. The van der Waals surface area contributed by atoms with Gasteiger partial charge in [0.05, 0.1) is 58.9 Å². The van der Waals surface area contributed by atoms with E-state index in [0.29, 0.717) is 17.9 Å². The van der Waals surface area contributed by atoms with Crippen molar-refractivity contribution in [1.82, 2.24) is 34.6 Å². The zero-order valence-corrected chi connectivity index (χ0v) is 19.7. The largest absolute Gasteiger partial charge is 0.394 e. The fourth-order valence-corrected chi connectivity index (χ4v) is 4.45. The Morgan fingerprint density at radius 1 is 1.30 bits per heavy atom. The number of amides is 1. The molecule has 1 amide bonds. The van der Waals surface area contributed by atoms with Crippen molar-refractivity contribution in [3.05, 3.63) is 64.9 Å². The van der Waals surface area contributed by atoms with Crippen molar-refractivity contribution in [3.8, 4) is 16.5 Å². The van der Waals surface area contributed by atoms with Gasteiger partial charge in [-0.2, -0.15) is 5.10 Å². The van der Waals surface area contributed by atoms with Gasteiger partial charge >= 0.3 is 0 Å². The Morgan fingerprint density at radius 3 is 2.82 bits per heavy atom. The van der Waals surface area contributed by atoms with Gasteiger partial charge in [0.2, 0.25) is 0 Å². The van der Waals surface area contributed by atoms with Crippen LogP contribution in [0.5, 0.6) is 0 Å². The van der Waals surface area contributed by atoms with Crippen LogP contribution in [0.25, 0.3) is 16.5 Å². The summed E-state index contributed by atoms with van der Waals surface area (Å²) >= 11 is 1.62. The molecule has 0 aromatic carbocycles. The smallest absolute Gasteiger partial charge is 0.255 e. The van der Waals surface area contributed by atoms with Crippen LogP contribution in [-0.2, 0) is 13.5 Å². The second-order valence-corrected chi connectivity index (χ2v) is 8.78.